The lowest BCUT2D eigenvalue weighted by Crippen LogP contribution is -2.18. The van der Waals surface area contributed by atoms with Crippen LogP contribution in [0.1, 0.15) is 5.56 Å². The molecule has 0 aliphatic heterocycles. The van der Waals surface area contributed by atoms with Crippen LogP contribution in [0, 0.1) is 0 Å². The number of hydrogen-bond acceptors (Lipinski definition) is 3. The van der Waals surface area contributed by atoms with E-state index in [4.69, 9.17) is 10.5 Å². The van der Waals surface area contributed by atoms with Gasteiger partial charge in [-0.3, -0.25) is 0 Å². The van der Waals surface area contributed by atoms with Gasteiger partial charge in [0.1, 0.15) is 6.61 Å². The van der Waals surface area contributed by atoms with Crippen LogP contribution >= 0.6 is 12.4 Å². The molecule has 0 radical (unpaired) electrons. The predicted octanol–water partition coefficient (Wildman–Crippen LogP) is 5.03. The Bertz CT molecular complexity index is 733. The molecule has 0 saturated heterocycles. The summed E-state index contributed by atoms with van der Waals surface area (Å²) in [6, 6.07) is 7.72. The molecule has 2 rings (SSSR count). The summed E-state index contributed by atoms with van der Waals surface area (Å²) in [7, 11) is 0. The van der Waals surface area contributed by atoms with Gasteiger partial charge in [-0.25, -0.2) is 0 Å². The quantitative estimate of drug-likeness (QED) is 0.715. The third-order valence-electron chi connectivity index (χ3n) is 3.07. The van der Waals surface area contributed by atoms with E-state index in [-0.39, 0.29) is 42.4 Å². The first-order valence-corrected chi connectivity index (χ1v) is 7.00. The van der Waals surface area contributed by atoms with Crippen molar-refractivity contribution in [3.63, 3.8) is 0 Å². The van der Waals surface area contributed by atoms with Crippen molar-refractivity contribution in [3.8, 4) is 22.6 Å². The maximum Gasteiger partial charge on any atom is 0.573 e. The average Bonchev–Trinajstić information content (AvgIpc) is 2.51. The summed E-state index contributed by atoms with van der Waals surface area (Å²) in [4.78, 5) is 0. The van der Waals surface area contributed by atoms with E-state index >= 15 is 0 Å². The number of benzene rings is 2. The van der Waals surface area contributed by atoms with E-state index in [1.54, 1.807) is 0 Å². The molecule has 0 bridgehead atoms. The normalized spacial score (nSPS) is 11.7. The van der Waals surface area contributed by atoms with Crippen molar-refractivity contribution in [3.05, 3.63) is 48.0 Å². The molecular weight excluding hydrogens is 388 g/mol. The van der Waals surface area contributed by atoms with E-state index in [1.807, 2.05) is 0 Å². The van der Waals surface area contributed by atoms with Gasteiger partial charge < -0.3 is 15.2 Å². The second-order valence-electron chi connectivity index (χ2n) is 4.93. The van der Waals surface area contributed by atoms with E-state index < -0.39 is 23.9 Å². The largest absolute Gasteiger partial charge is 0.573 e. The highest BCUT2D eigenvalue weighted by atomic mass is 35.5. The van der Waals surface area contributed by atoms with Crippen LogP contribution in [0.3, 0.4) is 0 Å². The highest BCUT2D eigenvalue weighted by molar-refractivity contribution is 5.85. The van der Waals surface area contributed by atoms with Gasteiger partial charge in [-0.1, -0.05) is 18.2 Å². The van der Waals surface area contributed by atoms with Crippen LogP contribution in [0.15, 0.2) is 42.5 Å². The van der Waals surface area contributed by atoms with Gasteiger partial charge >= 0.3 is 12.5 Å². The highest BCUT2D eigenvalue weighted by Crippen LogP contribution is 2.37. The van der Waals surface area contributed by atoms with Gasteiger partial charge in [-0.2, -0.15) is 13.2 Å². The fraction of sp³-hybridized carbons (Fsp3) is 0.250. The molecule has 0 aromatic heterocycles. The minimum absolute atomic E-state index is 0. The topological polar surface area (TPSA) is 44.5 Å². The zero-order valence-corrected chi connectivity index (χ0v) is 13.8. The first-order valence-electron chi connectivity index (χ1n) is 7.00. The zero-order chi connectivity index (χ0) is 18.7. The number of hydrogen-bond donors (Lipinski definition) is 1. The third kappa shape index (κ3) is 5.99. The van der Waals surface area contributed by atoms with Crippen molar-refractivity contribution in [1.82, 2.24) is 0 Å². The Hall–Kier alpha value is -2.13. The van der Waals surface area contributed by atoms with Gasteiger partial charge in [0.05, 0.1) is 5.56 Å². The predicted molar refractivity (Wildman–Crippen MR) is 85.4 cm³/mol. The molecule has 0 saturated carbocycles. The summed E-state index contributed by atoms with van der Waals surface area (Å²) in [5, 5.41) is 0. The van der Waals surface area contributed by atoms with E-state index in [2.05, 4.69) is 4.74 Å². The molecule has 0 amide bonds. The van der Waals surface area contributed by atoms with Crippen LogP contribution < -0.4 is 15.2 Å². The molecule has 26 heavy (non-hydrogen) atoms. The molecule has 0 fully saturated rings. The SMILES string of the molecule is Cl.NCCOc1ccc(-c2cccc(C(F)(F)F)c2)cc1OC(F)(F)F. The van der Waals surface area contributed by atoms with E-state index in [1.165, 1.54) is 24.3 Å². The monoisotopic (exact) mass is 401 g/mol. The summed E-state index contributed by atoms with van der Waals surface area (Å²) in [5.74, 6) is -0.866. The van der Waals surface area contributed by atoms with Crippen LogP contribution in [0.2, 0.25) is 0 Å². The molecule has 0 aliphatic rings. The van der Waals surface area contributed by atoms with Gasteiger partial charge in [0.2, 0.25) is 0 Å². The second-order valence-corrected chi connectivity index (χ2v) is 4.93. The molecular formula is C16H14ClF6NO2. The number of ether oxygens (including phenoxy) is 2. The molecule has 144 valence electrons. The molecule has 3 nitrogen and oxygen atoms in total. The van der Waals surface area contributed by atoms with Crippen LogP contribution in [0.25, 0.3) is 11.1 Å². The molecule has 2 N–H and O–H groups in total. The maximum absolute atomic E-state index is 12.8. The Morgan fingerprint density at radius 2 is 1.50 bits per heavy atom. The molecule has 0 aliphatic carbocycles. The Balaban J connectivity index is 0.00000338. The molecule has 2 aromatic rings. The Morgan fingerprint density at radius 1 is 0.846 bits per heavy atom. The first-order chi connectivity index (χ1) is 11.6. The lowest BCUT2D eigenvalue weighted by Gasteiger charge is -2.15. The Kier molecular flexibility index (Phi) is 7.16. The molecule has 2 aromatic carbocycles. The Labute approximate surface area is 151 Å². The molecule has 10 heteroatoms. The summed E-state index contributed by atoms with van der Waals surface area (Å²) in [6.07, 6.45) is -9.54. The number of alkyl halides is 6. The number of rotatable bonds is 5. The Morgan fingerprint density at radius 3 is 2.08 bits per heavy atom. The summed E-state index contributed by atoms with van der Waals surface area (Å²) in [6.45, 7) is 0.0258. The van der Waals surface area contributed by atoms with Crippen molar-refractivity contribution >= 4 is 12.4 Å². The molecule has 0 heterocycles. The summed E-state index contributed by atoms with van der Waals surface area (Å²) >= 11 is 0. The van der Waals surface area contributed by atoms with Gasteiger partial charge in [-0.15, -0.1) is 25.6 Å². The standard InChI is InChI=1S/C16H13F6NO2.ClH/c17-15(18,19)12-3-1-2-10(8-12)11-4-5-13(24-7-6-23)14(9-11)25-16(20,21)22;/h1-5,8-9H,6-7,23H2;1H. The van der Waals surface area contributed by atoms with Crippen molar-refractivity contribution in [1.29, 1.82) is 0 Å². The van der Waals surface area contributed by atoms with Crippen LogP contribution in [0.4, 0.5) is 26.3 Å². The van der Waals surface area contributed by atoms with Gasteiger partial charge in [0.25, 0.3) is 0 Å². The van der Waals surface area contributed by atoms with Crippen molar-refractivity contribution in [2.75, 3.05) is 13.2 Å². The second kappa shape index (κ2) is 8.50. The van der Waals surface area contributed by atoms with E-state index in [0.29, 0.717) is 0 Å². The summed E-state index contributed by atoms with van der Waals surface area (Å²) < 4.78 is 85.0. The minimum atomic E-state index is -4.98. The molecule has 0 unspecified atom stereocenters. The van der Waals surface area contributed by atoms with Gasteiger partial charge in [0, 0.05) is 6.54 Å². The third-order valence-corrected chi connectivity index (χ3v) is 3.07. The van der Waals surface area contributed by atoms with E-state index in [9.17, 15) is 26.3 Å². The van der Waals surface area contributed by atoms with Gasteiger partial charge in [-0.05, 0) is 35.4 Å². The number of nitrogens with two attached hydrogens (primary N) is 1. The average molecular weight is 402 g/mol. The zero-order valence-electron chi connectivity index (χ0n) is 13.0. The fourth-order valence-corrected chi connectivity index (χ4v) is 2.06. The van der Waals surface area contributed by atoms with Crippen LogP contribution in [0.5, 0.6) is 11.5 Å². The van der Waals surface area contributed by atoms with Gasteiger partial charge in [0.15, 0.2) is 11.5 Å². The lowest BCUT2D eigenvalue weighted by molar-refractivity contribution is -0.275. The minimum Gasteiger partial charge on any atom is -0.488 e. The molecule has 0 spiro atoms. The maximum atomic E-state index is 12.8. The van der Waals surface area contributed by atoms with Crippen molar-refractivity contribution in [2.45, 2.75) is 12.5 Å². The molecule has 0 atom stereocenters. The van der Waals surface area contributed by atoms with Crippen LogP contribution in [-0.4, -0.2) is 19.5 Å². The smallest absolute Gasteiger partial charge is 0.488 e. The summed E-state index contributed by atoms with van der Waals surface area (Å²) in [5.41, 5.74) is 4.53. The van der Waals surface area contributed by atoms with Crippen molar-refractivity contribution in [2.24, 2.45) is 5.73 Å². The fourth-order valence-electron chi connectivity index (χ4n) is 2.06. The van der Waals surface area contributed by atoms with Crippen molar-refractivity contribution < 1.29 is 35.8 Å². The number of halogens is 7. The van der Waals surface area contributed by atoms with Crippen LogP contribution in [-0.2, 0) is 6.18 Å². The first kappa shape index (κ1) is 21.9. The lowest BCUT2D eigenvalue weighted by atomic mass is 10.0. The highest BCUT2D eigenvalue weighted by Gasteiger charge is 2.33. The van der Waals surface area contributed by atoms with E-state index in [0.717, 1.165) is 18.2 Å².